The van der Waals surface area contributed by atoms with Crippen LogP contribution in [0.4, 0.5) is 0 Å². The van der Waals surface area contributed by atoms with Crippen LogP contribution < -0.4 is 5.56 Å². The molecule has 0 N–H and O–H groups in total. The van der Waals surface area contributed by atoms with Crippen LogP contribution in [0.5, 0.6) is 0 Å². The summed E-state index contributed by atoms with van der Waals surface area (Å²) in [6.07, 6.45) is 0. The lowest BCUT2D eigenvalue weighted by Gasteiger charge is -2.10. The van der Waals surface area contributed by atoms with Gasteiger partial charge in [-0.3, -0.25) is 4.79 Å². The molecule has 0 bridgehead atoms. The highest BCUT2D eigenvalue weighted by Crippen LogP contribution is 2.36. The second-order valence-electron chi connectivity index (χ2n) is 6.43. The average Bonchev–Trinajstić information content (AvgIpc) is 2.99. The maximum atomic E-state index is 13.2. The molecule has 0 amide bonds. The number of hydrogen-bond donors (Lipinski definition) is 0. The van der Waals surface area contributed by atoms with Gasteiger partial charge in [-0.2, -0.15) is 4.68 Å². The predicted molar refractivity (Wildman–Crippen MR) is 111 cm³/mol. The highest BCUT2D eigenvalue weighted by molar-refractivity contribution is 9.10. The number of para-hydroxylation sites is 1. The van der Waals surface area contributed by atoms with E-state index >= 15 is 0 Å². The highest BCUT2D eigenvalue weighted by atomic mass is 79.9. The van der Waals surface area contributed by atoms with Crippen molar-refractivity contribution in [2.24, 2.45) is 0 Å². The maximum absolute atomic E-state index is 13.2. The Balaban J connectivity index is 2.10. The van der Waals surface area contributed by atoms with Crippen LogP contribution in [-0.4, -0.2) is 27.1 Å². The number of pyridine rings is 1. The predicted octanol–water partition coefficient (Wildman–Crippen LogP) is 4.22. The summed E-state index contributed by atoms with van der Waals surface area (Å²) in [6.45, 7) is 6.25. The van der Waals surface area contributed by atoms with Gasteiger partial charge >= 0.3 is 0 Å². The lowest BCUT2D eigenvalue weighted by molar-refractivity contribution is 0.185. The molecule has 0 radical (unpaired) electrons. The normalized spacial score (nSPS) is 11.6. The number of nitrogens with zero attached hydrogens (tertiary/aromatic N) is 4. The van der Waals surface area contributed by atoms with Crippen LogP contribution in [0.15, 0.2) is 27.5 Å². The maximum Gasteiger partial charge on any atom is 0.292 e. The summed E-state index contributed by atoms with van der Waals surface area (Å²) in [4.78, 5) is 18.6. The van der Waals surface area contributed by atoms with Gasteiger partial charge in [-0.1, -0.05) is 23.4 Å². The Labute approximate surface area is 167 Å². The van der Waals surface area contributed by atoms with Gasteiger partial charge in [0, 0.05) is 22.5 Å². The van der Waals surface area contributed by atoms with Crippen LogP contribution in [0, 0.1) is 20.8 Å². The number of methoxy groups -OCH3 is 1. The van der Waals surface area contributed by atoms with Crippen molar-refractivity contribution in [3.05, 3.63) is 55.4 Å². The van der Waals surface area contributed by atoms with Crippen molar-refractivity contribution in [1.29, 1.82) is 0 Å². The van der Waals surface area contributed by atoms with Crippen LogP contribution in [0.25, 0.3) is 26.1 Å². The molecular weight excluding hydrogens is 428 g/mol. The molecule has 3 heterocycles. The number of ether oxygens (including phenoxy) is 1. The summed E-state index contributed by atoms with van der Waals surface area (Å²) >= 11 is 4.94. The molecule has 0 unspecified atom stereocenters. The Kier molecular flexibility index (Phi) is 4.57. The number of benzene rings is 1. The molecule has 27 heavy (non-hydrogen) atoms. The van der Waals surface area contributed by atoms with E-state index in [9.17, 15) is 4.79 Å². The minimum Gasteiger partial charge on any atom is -0.380 e. The monoisotopic (exact) mass is 444 g/mol. The zero-order valence-corrected chi connectivity index (χ0v) is 17.7. The van der Waals surface area contributed by atoms with Crippen molar-refractivity contribution in [2.75, 3.05) is 7.11 Å². The molecule has 0 fully saturated rings. The summed E-state index contributed by atoms with van der Waals surface area (Å²) < 4.78 is 8.17. The number of fused-ring (bicyclic) bond motifs is 3. The molecule has 0 saturated heterocycles. The fraction of sp³-hybridized carbons (Fsp3) is 0.263. The second kappa shape index (κ2) is 6.78. The highest BCUT2D eigenvalue weighted by Gasteiger charge is 2.21. The summed E-state index contributed by atoms with van der Waals surface area (Å²) in [6, 6.07) is 5.89. The molecule has 6 nitrogen and oxygen atoms in total. The lowest BCUT2D eigenvalue weighted by Crippen LogP contribution is -2.23. The van der Waals surface area contributed by atoms with Crippen LogP contribution in [0.3, 0.4) is 0 Å². The molecular formula is C19H17BrN4O2S. The first-order chi connectivity index (χ1) is 12.9. The van der Waals surface area contributed by atoms with Crippen molar-refractivity contribution in [1.82, 2.24) is 20.0 Å². The van der Waals surface area contributed by atoms with Crippen LogP contribution >= 0.6 is 27.3 Å². The smallest absolute Gasteiger partial charge is 0.292 e. The summed E-state index contributed by atoms with van der Waals surface area (Å²) in [5, 5.41) is 9.49. The fourth-order valence-corrected chi connectivity index (χ4v) is 4.84. The van der Waals surface area contributed by atoms with E-state index in [1.54, 1.807) is 7.11 Å². The van der Waals surface area contributed by atoms with E-state index in [0.29, 0.717) is 16.8 Å². The third kappa shape index (κ3) is 2.79. The van der Waals surface area contributed by atoms with Crippen molar-refractivity contribution >= 4 is 47.7 Å². The lowest BCUT2D eigenvalue weighted by atomic mass is 10.1. The Morgan fingerprint density at radius 1 is 1.22 bits per heavy atom. The molecule has 0 spiro atoms. The standard InChI is InChI=1S/C19H17BrN4O2S/c1-9-6-5-7-10(2)16(9)24-19(25)17-15(22-23-24)13-12(8-26-4)14(20)11(3)21-18(13)27-17/h5-7H,8H2,1-4H3. The Morgan fingerprint density at radius 2 is 1.93 bits per heavy atom. The van der Waals surface area contributed by atoms with E-state index in [0.717, 1.165) is 42.8 Å². The molecule has 0 aliphatic rings. The van der Waals surface area contributed by atoms with E-state index in [4.69, 9.17) is 4.74 Å². The van der Waals surface area contributed by atoms with E-state index < -0.39 is 0 Å². The van der Waals surface area contributed by atoms with E-state index in [1.165, 1.54) is 16.0 Å². The largest absolute Gasteiger partial charge is 0.380 e. The van der Waals surface area contributed by atoms with Gasteiger partial charge < -0.3 is 4.74 Å². The summed E-state index contributed by atoms with van der Waals surface area (Å²) in [5.41, 5.74) is 4.90. The van der Waals surface area contributed by atoms with Gasteiger partial charge in [-0.25, -0.2) is 4.98 Å². The fourth-order valence-electron chi connectivity index (χ4n) is 3.32. The van der Waals surface area contributed by atoms with Gasteiger partial charge in [-0.05, 0) is 47.8 Å². The minimum atomic E-state index is -0.183. The molecule has 8 heteroatoms. The molecule has 0 aliphatic heterocycles. The van der Waals surface area contributed by atoms with Crippen LogP contribution in [-0.2, 0) is 11.3 Å². The molecule has 0 saturated carbocycles. The third-order valence-corrected chi connectivity index (χ3v) is 6.69. The first kappa shape index (κ1) is 18.2. The minimum absolute atomic E-state index is 0.183. The Bertz CT molecular complexity index is 1240. The van der Waals surface area contributed by atoms with Crippen molar-refractivity contribution in [3.8, 4) is 5.69 Å². The topological polar surface area (TPSA) is 69.9 Å². The molecule has 138 valence electrons. The molecule has 0 atom stereocenters. The van der Waals surface area contributed by atoms with Crippen molar-refractivity contribution in [2.45, 2.75) is 27.4 Å². The molecule has 1 aromatic carbocycles. The number of rotatable bonds is 3. The Morgan fingerprint density at radius 3 is 2.59 bits per heavy atom. The zero-order chi connectivity index (χ0) is 19.3. The van der Waals surface area contributed by atoms with Gasteiger partial charge in [0.2, 0.25) is 0 Å². The van der Waals surface area contributed by atoms with Gasteiger partial charge in [0.25, 0.3) is 5.56 Å². The van der Waals surface area contributed by atoms with Gasteiger partial charge in [0.1, 0.15) is 15.0 Å². The number of aromatic nitrogens is 4. The Hall–Kier alpha value is -2.16. The number of thiophene rings is 1. The quantitative estimate of drug-likeness (QED) is 0.472. The van der Waals surface area contributed by atoms with E-state index in [2.05, 4.69) is 31.2 Å². The molecule has 3 aromatic heterocycles. The summed E-state index contributed by atoms with van der Waals surface area (Å²) in [5.74, 6) is 0. The van der Waals surface area contributed by atoms with Crippen LogP contribution in [0.2, 0.25) is 0 Å². The van der Waals surface area contributed by atoms with Crippen LogP contribution in [0.1, 0.15) is 22.4 Å². The van der Waals surface area contributed by atoms with E-state index in [1.807, 2.05) is 39.0 Å². The number of halogens is 1. The molecule has 0 aliphatic carbocycles. The van der Waals surface area contributed by atoms with Crippen molar-refractivity contribution in [3.63, 3.8) is 0 Å². The summed E-state index contributed by atoms with van der Waals surface area (Å²) in [7, 11) is 1.64. The van der Waals surface area contributed by atoms with Gasteiger partial charge in [0.05, 0.1) is 18.0 Å². The second-order valence-corrected chi connectivity index (χ2v) is 8.22. The first-order valence-corrected chi connectivity index (χ1v) is 9.97. The third-order valence-electron chi connectivity index (χ3n) is 4.58. The van der Waals surface area contributed by atoms with Gasteiger partial charge in [0.15, 0.2) is 0 Å². The molecule has 4 rings (SSSR count). The van der Waals surface area contributed by atoms with Crippen molar-refractivity contribution < 1.29 is 4.74 Å². The first-order valence-electron chi connectivity index (χ1n) is 8.36. The number of aryl methyl sites for hydroxylation is 3. The zero-order valence-electron chi connectivity index (χ0n) is 15.3. The SMILES string of the molecule is COCc1c(Br)c(C)nc2sc3c(=O)n(-c4c(C)cccc4C)nnc3c12. The average molecular weight is 445 g/mol. The number of hydrogen-bond acceptors (Lipinski definition) is 6. The van der Waals surface area contributed by atoms with Gasteiger partial charge in [-0.15, -0.1) is 16.4 Å². The van der Waals surface area contributed by atoms with E-state index in [-0.39, 0.29) is 5.56 Å². The molecule has 4 aromatic rings.